The molecule has 4 rings (SSSR count). The Morgan fingerprint density at radius 3 is 2.71 bits per heavy atom. The van der Waals surface area contributed by atoms with Gasteiger partial charge < -0.3 is 0 Å². The second kappa shape index (κ2) is 4.30. The third-order valence-electron chi connectivity index (χ3n) is 7.49. The highest BCUT2D eigenvalue weighted by molar-refractivity contribution is 5.94. The van der Waals surface area contributed by atoms with Crippen LogP contribution in [0.15, 0.2) is 11.6 Å². The molecule has 2 nitrogen and oxygen atoms in total. The van der Waals surface area contributed by atoms with E-state index in [2.05, 4.69) is 13.8 Å². The Morgan fingerprint density at radius 1 is 1.10 bits per heavy atom. The lowest BCUT2D eigenvalue weighted by molar-refractivity contribution is -0.131. The van der Waals surface area contributed by atoms with Gasteiger partial charge in [0, 0.05) is 19.3 Å². The van der Waals surface area contributed by atoms with Crippen LogP contribution in [0.4, 0.5) is 0 Å². The van der Waals surface area contributed by atoms with Gasteiger partial charge >= 0.3 is 0 Å². The fourth-order valence-electron chi connectivity index (χ4n) is 6.23. The predicted octanol–water partition coefficient (Wildman–Crippen LogP) is 4.09. The molecule has 0 heterocycles. The lowest BCUT2D eigenvalue weighted by atomic mass is 9.46. The number of ketones is 2. The fourth-order valence-corrected chi connectivity index (χ4v) is 6.23. The Hall–Kier alpha value is -0.920. The topological polar surface area (TPSA) is 34.1 Å². The van der Waals surface area contributed by atoms with E-state index in [0.717, 1.165) is 25.7 Å². The smallest absolute Gasteiger partial charge is 0.156 e. The molecule has 0 spiro atoms. The molecule has 0 amide bonds. The highest BCUT2D eigenvalue weighted by atomic mass is 16.1. The molecule has 0 aromatic rings. The molecule has 0 radical (unpaired) electrons. The zero-order valence-corrected chi connectivity index (χ0v) is 13.3. The number of fused-ring (bicyclic) bond motifs is 5. The van der Waals surface area contributed by atoms with Gasteiger partial charge in [0.15, 0.2) is 5.78 Å². The van der Waals surface area contributed by atoms with Crippen LogP contribution in [0, 0.1) is 28.6 Å². The first kappa shape index (κ1) is 13.7. The van der Waals surface area contributed by atoms with E-state index in [4.69, 9.17) is 0 Å². The molecule has 0 aromatic heterocycles. The van der Waals surface area contributed by atoms with Crippen molar-refractivity contribution in [1.29, 1.82) is 0 Å². The Bertz CT molecular complexity index is 546. The summed E-state index contributed by atoms with van der Waals surface area (Å²) in [5.74, 6) is 2.74. The van der Waals surface area contributed by atoms with E-state index in [1.807, 2.05) is 6.08 Å². The zero-order chi connectivity index (χ0) is 14.8. The van der Waals surface area contributed by atoms with E-state index in [0.29, 0.717) is 34.7 Å². The number of carbonyl (C=O) groups is 2. The number of rotatable bonds is 0. The highest BCUT2D eigenvalue weighted by Crippen LogP contribution is 2.64. The van der Waals surface area contributed by atoms with Gasteiger partial charge in [0.05, 0.1) is 0 Å². The lowest BCUT2D eigenvalue weighted by Crippen LogP contribution is -2.50. The van der Waals surface area contributed by atoms with Gasteiger partial charge in [-0.1, -0.05) is 19.4 Å². The molecule has 0 saturated heterocycles. The molecule has 3 saturated carbocycles. The van der Waals surface area contributed by atoms with Crippen LogP contribution >= 0.6 is 0 Å². The lowest BCUT2D eigenvalue weighted by Gasteiger charge is -2.58. The average molecular weight is 286 g/mol. The molecule has 0 aromatic carbocycles. The van der Waals surface area contributed by atoms with Crippen molar-refractivity contribution >= 4 is 11.6 Å². The van der Waals surface area contributed by atoms with Gasteiger partial charge in [-0.15, -0.1) is 0 Å². The van der Waals surface area contributed by atoms with Gasteiger partial charge in [-0.05, 0) is 66.8 Å². The number of hydrogen-bond acceptors (Lipinski definition) is 2. The Morgan fingerprint density at radius 2 is 1.90 bits per heavy atom. The molecule has 4 aliphatic rings. The van der Waals surface area contributed by atoms with Crippen LogP contribution < -0.4 is 0 Å². The van der Waals surface area contributed by atoms with Crippen LogP contribution in [-0.2, 0) is 9.59 Å². The van der Waals surface area contributed by atoms with E-state index >= 15 is 0 Å². The monoisotopic (exact) mass is 286 g/mol. The van der Waals surface area contributed by atoms with Gasteiger partial charge in [-0.2, -0.15) is 0 Å². The highest BCUT2D eigenvalue weighted by Gasteiger charge is 2.56. The zero-order valence-electron chi connectivity index (χ0n) is 13.3. The van der Waals surface area contributed by atoms with Crippen LogP contribution in [0.5, 0.6) is 0 Å². The molecule has 5 atom stereocenters. The quantitative estimate of drug-likeness (QED) is 0.672. The van der Waals surface area contributed by atoms with Gasteiger partial charge in [0.25, 0.3) is 0 Å². The summed E-state index contributed by atoms with van der Waals surface area (Å²) in [6, 6.07) is 0. The second-order valence-electron chi connectivity index (χ2n) is 8.58. The summed E-state index contributed by atoms with van der Waals surface area (Å²) >= 11 is 0. The molecular weight excluding hydrogens is 260 g/mol. The van der Waals surface area contributed by atoms with E-state index in [1.165, 1.54) is 31.3 Å². The molecule has 0 bridgehead atoms. The van der Waals surface area contributed by atoms with Crippen molar-refractivity contribution in [3.63, 3.8) is 0 Å². The maximum Gasteiger partial charge on any atom is 0.156 e. The molecule has 2 heteroatoms. The molecular formula is C19H26O2. The third kappa shape index (κ3) is 1.83. The first-order valence-corrected chi connectivity index (χ1v) is 8.69. The summed E-state index contributed by atoms with van der Waals surface area (Å²) in [5, 5.41) is 0. The summed E-state index contributed by atoms with van der Waals surface area (Å²) in [4.78, 5) is 23.8. The summed E-state index contributed by atoms with van der Waals surface area (Å²) in [6.07, 6.45) is 10.2. The molecule has 3 fully saturated rings. The first-order valence-electron chi connectivity index (χ1n) is 8.69. The number of Topliss-reactive ketones (excluding diaryl/α,β-unsaturated/α-hetero) is 1. The second-order valence-corrected chi connectivity index (χ2v) is 8.58. The summed E-state index contributed by atoms with van der Waals surface area (Å²) in [5.41, 5.74) is 1.97. The average Bonchev–Trinajstić information content (AvgIpc) is 2.74. The normalized spacial score (nSPS) is 49.2. The Kier molecular flexibility index (Phi) is 2.81. The summed E-state index contributed by atoms with van der Waals surface area (Å²) < 4.78 is 0. The molecule has 1 unspecified atom stereocenters. The van der Waals surface area contributed by atoms with Crippen LogP contribution in [0.1, 0.15) is 65.2 Å². The number of hydrogen-bond donors (Lipinski definition) is 0. The minimum atomic E-state index is 0.159. The molecule has 21 heavy (non-hydrogen) atoms. The van der Waals surface area contributed by atoms with Gasteiger partial charge in [0.2, 0.25) is 0 Å². The minimum Gasteiger partial charge on any atom is -0.300 e. The fraction of sp³-hybridized carbons (Fsp3) is 0.789. The van der Waals surface area contributed by atoms with Gasteiger partial charge in [-0.3, -0.25) is 9.59 Å². The summed E-state index contributed by atoms with van der Waals surface area (Å²) in [7, 11) is 0. The Balaban J connectivity index is 1.69. The van der Waals surface area contributed by atoms with Gasteiger partial charge in [0.1, 0.15) is 5.78 Å². The third-order valence-corrected chi connectivity index (χ3v) is 7.49. The van der Waals surface area contributed by atoms with Crippen LogP contribution in [0.25, 0.3) is 0 Å². The largest absolute Gasteiger partial charge is 0.300 e. The minimum absolute atomic E-state index is 0.159. The maximum atomic E-state index is 12.0. The van der Waals surface area contributed by atoms with E-state index in [9.17, 15) is 9.59 Å². The van der Waals surface area contributed by atoms with Crippen molar-refractivity contribution in [2.24, 2.45) is 28.6 Å². The van der Waals surface area contributed by atoms with Crippen molar-refractivity contribution in [3.8, 4) is 0 Å². The summed E-state index contributed by atoms with van der Waals surface area (Å²) in [6.45, 7) is 4.75. The van der Waals surface area contributed by atoms with E-state index in [-0.39, 0.29) is 5.41 Å². The SMILES string of the molecule is C[C@]12CC[C@H]3[C@@H](CCC4CC(=O)CC[C@@]43C)C1=CC(=O)C2. The van der Waals surface area contributed by atoms with Crippen molar-refractivity contribution in [2.45, 2.75) is 65.2 Å². The van der Waals surface area contributed by atoms with Crippen molar-refractivity contribution in [2.75, 3.05) is 0 Å². The van der Waals surface area contributed by atoms with Crippen LogP contribution in [-0.4, -0.2) is 11.6 Å². The number of allylic oxidation sites excluding steroid dienone is 2. The molecule has 4 aliphatic carbocycles. The van der Waals surface area contributed by atoms with E-state index < -0.39 is 0 Å². The predicted molar refractivity (Wildman–Crippen MR) is 81.7 cm³/mol. The van der Waals surface area contributed by atoms with Crippen LogP contribution in [0.2, 0.25) is 0 Å². The standard InChI is InChI=1S/C19H26O2/c1-18-7-6-16-15(17(18)10-14(21)11-18)4-3-12-9-13(20)5-8-19(12,16)2/h10,12,15-16H,3-9,11H2,1-2H3/t12?,15-,16+,18-,19+/m1/s1. The molecule has 0 N–H and O–H groups in total. The van der Waals surface area contributed by atoms with Crippen molar-refractivity contribution in [1.82, 2.24) is 0 Å². The van der Waals surface area contributed by atoms with E-state index in [1.54, 1.807) is 0 Å². The maximum absolute atomic E-state index is 12.0. The molecule has 114 valence electrons. The first-order chi connectivity index (χ1) is 9.92. The van der Waals surface area contributed by atoms with Gasteiger partial charge in [-0.25, -0.2) is 0 Å². The Labute approximate surface area is 127 Å². The number of carbonyl (C=O) groups excluding carboxylic acids is 2. The van der Waals surface area contributed by atoms with Crippen LogP contribution in [0.3, 0.4) is 0 Å². The molecule has 0 aliphatic heterocycles. The van der Waals surface area contributed by atoms with Crippen molar-refractivity contribution < 1.29 is 9.59 Å². The van der Waals surface area contributed by atoms with Crippen molar-refractivity contribution in [3.05, 3.63) is 11.6 Å².